The Labute approximate surface area is 94.9 Å². The highest BCUT2D eigenvalue weighted by molar-refractivity contribution is 5.08. The zero-order valence-electron chi connectivity index (χ0n) is 9.67. The second kappa shape index (κ2) is 4.49. The summed E-state index contributed by atoms with van der Waals surface area (Å²) in [5.41, 5.74) is 8.40. The summed E-state index contributed by atoms with van der Waals surface area (Å²) in [6.45, 7) is 0. The molecule has 0 aliphatic rings. The Morgan fingerprint density at radius 3 is 2.75 bits per heavy atom. The van der Waals surface area contributed by atoms with Gasteiger partial charge in [-0.15, -0.1) is 0 Å². The highest BCUT2D eigenvalue weighted by Crippen LogP contribution is 2.15. The van der Waals surface area contributed by atoms with Crippen LogP contribution >= 0.6 is 0 Å². The summed E-state index contributed by atoms with van der Waals surface area (Å²) in [7, 11) is 3.89. The highest BCUT2D eigenvalue weighted by atomic mass is 15.2. The quantitative estimate of drug-likeness (QED) is 0.826. The average Bonchev–Trinajstić information content (AvgIpc) is 2.84. The zero-order valence-corrected chi connectivity index (χ0v) is 9.67. The molecule has 16 heavy (non-hydrogen) atoms. The van der Waals surface area contributed by atoms with Crippen molar-refractivity contribution in [2.45, 2.75) is 18.9 Å². The van der Waals surface area contributed by atoms with Crippen LogP contribution in [0.1, 0.15) is 23.7 Å². The van der Waals surface area contributed by atoms with Gasteiger partial charge < -0.3 is 10.3 Å². The Morgan fingerprint density at radius 1 is 1.38 bits per heavy atom. The molecule has 0 saturated carbocycles. The van der Waals surface area contributed by atoms with Crippen molar-refractivity contribution in [1.82, 2.24) is 19.3 Å². The van der Waals surface area contributed by atoms with E-state index in [-0.39, 0.29) is 6.04 Å². The number of hydrogen-bond donors (Lipinski definition) is 1. The summed E-state index contributed by atoms with van der Waals surface area (Å²) < 4.78 is 3.78. The standard InChI is InChI=1S/C11H17N5/c1-15-8-13-6-11(15)10(12)4-3-9-5-14-16(2)7-9/h5-8,10H,3-4,12H2,1-2H3. The van der Waals surface area contributed by atoms with E-state index in [1.165, 1.54) is 5.56 Å². The molecule has 0 amide bonds. The van der Waals surface area contributed by atoms with E-state index in [0.717, 1.165) is 18.5 Å². The number of aromatic nitrogens is 4. The fourth-order valence-electron chi connectivity index (χ4n) is 1.80. The van der Waals surface area contributed by atoms with Crippen LogP contribution in [0.5, 0.6) is 0 Å². The van der Waals surface area contributed by atoms with Gasteiger partial charge in [-0.25, -0.2) is 4.98 Å². The first-order valence-electron chi connectivity index (χ1n) is 5.36. The van der Waals surface area contributed by atoms with Crippen LogP contribution in [0.4, 0.5) is 0 Å². The van der Waals surface area contributed by atoms with Crippen molar-refractivity contribution < 1.29 is 0 Å². The van der Waals surface area contributed by atoms with Crippen LogP contribution in [0, 0.1) is 0 Å². The summed E-state index contributed by atoms with van der Waals surface area (Å²) in [5, 5.41) is 4.13. The first-order valence-corrected chi connectivity index (χ1v) is 5.36. The Bertz CT molecular complexity index is 456. The van der Waals surface area contributed by atoms with E-state index in [1.807, 2.05) is 41.9 Å². The topological polar surface area (TPSA) is 61.7 Å². The Balaban J connectivity index is 1.93. The van der Waals surface area contributed by atoms with Gasteiger partial charge in [-0.2, -0.15) is 5.10 Å². The fourth-order valence-corrected chi connectivity index (χ4v) is 1.80. The number of aryl methyl sites for hydroxylation is 3. The molecule has 5 nitrogen and oxygen atoms in total. The van der Waals surface area contributed by atoms with E-state index in [1.54, 1.807) is 6.33 Å². The molecule has 0 spiro atoms. The third kappa shape index (κ3) is 2.30. The Kier molecular flexibility index (Phi) is 3.05. The predicted molar refractivity (Wildman–Crippen MR) is 61.7 cm³/mol. The molecule has 2 heterocycles. The molecule has 0 bridgehead atoms. The smallest absolute Gasteiger partial charge is 0.0946 e. The van der Waals surface area contributed by atoms with Gasteiger partial charge in [0, 0.05) is 32.5 Å². The van der Waals surface area contributed by atoms with Crippen LogP contribution in [-0.2, 0) is 20.5 Å². The lowest BCUT2D eigenvalue weighted by Crippen LogP contribution is -2.14. The lowest BCUT2D eigenvalue weighted by molar-refractivity contribution is 0.606. The molecule has 2 rings (SSSR count). The van der Waals surface area contributed by atoms with Crippen LogP contribution in [0.25, 0.3) is 0 Å². The Hall–Kier alpha value is -1.62. The number of rotatable bonds is 4. The maximum Gasteiger partial charge on any atom is 0.0946 e. The number of hydrogen-bond acceptors (Lipinski definition) is 3. The van der Waals surface area contributed by atoms with Crippen LogP contribution in [0.2, 0.25) is 0 Å². The minimum Gasteiger partial charge on any atom is -0.336 e. The van der Waals surface area contributed by atoms with Crippen LogP contribution < -0.4 is 5.73 Å². The van der Waals surface area contributed by atoms with E-state index < -0.39 is 0 Å². The van der Waals surface area contributed by atoms with E-state index in [4.69, 9.17) is 5.73 Å². The van der Waals surface area contributed by atoms with Crippen LogP contribution in [-0.4, -0.2) is 19.3 Å². The van der Waals surface area contributed by atoms with Crippen molar-refractivity contribution in [3.63, 3.8) is 0 Å². The van der Waals surface area contributed by atoms with Gasteiger partial charge in [-0.05, 0) is 18.4 Å². The van der Waals surface area contributed by atoms with Gasteiger partial charge >= 0.3 is 0 Å². The summed E-state index contributed by atoms with van der Waals surface area (Å²) >= 11 is 0. The third-order valence-corrected chi connectivity index (χ3v) is 2.74. The summed E-state index contributed by atoms with van der Waals surface area (Å²) in [6, 6.07) is 0.0349. The van der Waals surface area contributed by atoms with E-state index in [0.29, 0.717) is 0 Å². The van der Waals surface area contributed by atoms with Crippen molar-refractivity contribution in [2.75, 3.05) is 0 Å². The summed E-state index contributed by atoms with van der Waals surface area (Å²) in [4.78, 5) is 4.07. The number of imidazole rings is 1. The molecule has 2 aromatic heterocycles. The lowest BCUT2D eigenvalue weighted by Gasteiger charge is -2.11. The van der Waals surface area contributed by atoms with Crippen molar-refractivity contribution in [3.8, 4) is 0 Å². The fraction of sp³-hybridized carbons (Fsp3) is 0.455. The Morgan fingerprint density at radius 2 is 2.19 bits per heavy atom. The van der Waals surface area contributed by atoms with Gasteiger partial charge in [0.25, 0.3) is 0 Å². The van der Waals surface area contributed by atoms with Gasteiger partial charge in [0.1, 0.15) is 0 Å². The molecular weight excluding hydrogens is 202 g/mol. The second-order valence-corrected chi connectivity index (χ2v) is 4.10. The molecule has 2 N–H and O–H groups in total. The molecule has 0 aliphatic carbocycles. The summed E-state index contributed by atoms with van der Waals surface area (Å²) in [5.74, 6) is 0. The maximum atomic E-state index is 6.11. The van der Waals surface area contributed by atoms with Gasteiger partial charge in [-0.1, -0.05) is 0 Å². The van der Waals surface area contributed by atoms with Crippen molar-refractivity contribution in [3.05, 3.63) is 36.2 Å². The lowest BCUT2D eigenvalue weighted by atomic mass is 10.1. The maximum absolute atomic E-state index is 6.11. The minimum atomic E-state index is 0.0349. The first-order chi connectivity index (χ1) is 7.66. The molecule has 86 valence electrons. The van der Waals surface area contributed by atoms with Gasteiger partial charge in [0.05, 0.1) is 18.2 Å². The molecule has 0 aliphatic heterocycles. The SMILES string of the molecule is Cn1cc(CCC(N)c2cncn2C)cn1. The molecule has 0 aromatic carbocycles. The highest BCUT2D eigenvalue weighted by Gasteiger charge is 2.10. The second-order valence-electron chi connectivity index (χ2n) is 4.10. The van der Waals surface area contributed by atoms with Crippen molar-refractivity contribution in [2.24, 2.45) is 19.8 Å². The molecule has 0 fully saturated rings. The van der Waals surface area contributed by atoms with E-state index in [9.17, 15) is 0 Å². The monoisotopic (exact) mass is 219 g/mol. The largest absolute Gasteiger partial charge is 0.336 e. The minimum absolute atomic E-state index is 0.0349. The summed E-state index contributed by atoms with van der Waals surface area (Å²) in [6.07, 6.45) is 9.37. The average molecular weight is 219 g/mol. The van der Waals surface area contributed by atoms with Crippen molar-refractivity contribution >= 4 is 0 Å². The number of nitrogens with two attached hydrogens (primary N) is 1. The van der Waals surface area contributed by atoms with Gasteiger partial charge in [-0.3, -0.25) is 4.68 Å². The van der Waals surface area contributed by atoms with Crippen LogP contribution in [0.3, 0.4) is 0 Å². The number of nitrogens with zero attached hydrogens (tertiary/aromatic N) is 4. The molecule has 1 unspecified atom stereocenters. The normalized spacial score (nSPS) is 12.9. The predicted octanol–water partition coefficient (Wildman–Crippen LogP) is 0.786. The third-order valence-electron chi connectivity index (χ3n) is 2.74. The molecular formula is C11H17N5. The first kappa shape index (κ1) is 10.9. The molecule has 2 aromatic rings. The molecule has 5 heteroatoms. The van der Waals surface area contributed by atoms with Crippen molar-refractivity contribution in [1.29, 1.82) is 0 Å². The molecule has 1 atom stereocenters. The zero-order chi connectivity index (χ0) is 11.5. The molecule has 0 saturated heterocycles. The van der Waals surface area contributed by atoms with Crippen LogP contribution in [0.15, 0.2) is 24.9 Å². The van der Waals surface area contributed by atoms with Gasteiger partial charge in [0.15, 0.2) is 0 Å². The van der Waals surface area contributed by atoms with E-state index >= 15 is 0 Å². The molecule has 0 radical (unpaired) electrons. The van der Waals surface area contributed by atoms with E-state index in [2.05, 4.69) is 10.1 Å². The van der Waals surface area contributed by atoms with Gasteiger partial charge in [0.2, 0.25) is 0 Å².